The summed E-state index contributed by atoms with van der Waals surface area (Å²) in [6.45, 7) is 2.98. The second-order valence-electron chi connectivity index (χ2n) is 4.48. The van der Waals surface area contributed by atoms with Crippen LogP contribution in [0.5, 0.6) is 0 Å². The highest BCUT2D eigenvalue weighted by molar-refractivity contribution is 8.17. The maximum absolute atomic E-state index is 10.1. The first kappa shape index (κ1) is 21.4. The maximum Gasteiger partial charge on any atom is 0.111 e. The first-order valence-corrected chi connectivity index (χ1v) is 8.83. The molecule has 0 amide bonds. The van der Waals surface area contributed by atoms with Crippen LogP contribution in [0.15, 0.2) is 0 Å². The Morgan fingerprint density at radius 2 is 1.05 bits per heavy atom. The number of rotatable bonds is 11. The van der Waals surface area contributed by atoms with Crippen LogP contribution in [0.3, 0.4) is 0 Å². The second-order valence-corrected chi connectivity index (χ2v) is 7.62. The fourth-order valence-electron chi connectivity index (χ4n) is 1.68. The molecule has 0 spiro atoms. The van der Waals surface area contributed by atoms with Crippen LogP contribution in [-0.4, -0.2) is 95.1 Å². The average Bonchev–Trinajstić information content (AvgIpc) is 2.50. The topological polar surface area (TPSA) is 142 Å². The van der Waals surface area contributed by atoms with Crippen molar-refractivity contribution in [3.63, 3.8) is 0 Å². The van der Waals surface area contributed by atoms with Crippen LogP contribution in [-0.2, 0) is 0 Å². The van der Waals surface area contributed by atoms with Gasteiger partial charge in [-0.1, -0.05) is 13.8 Å². The molecule has 9 heteroatoms. The number of thioether (sulfide) groups is 2. The summed E-state index contributed by atoms with van der Waals surface area (Å²) in [6, 6.07) is 0. The van der Waals surface area contributed by atoms with E-state index in [1.165, 1.54) is 23.5 Å². The predicted octanol–water partition coefficient (Wildman–Crippen LogP) is -2.02. The second kappa shape index (κ2) is 11.0. The van der Waals surface area contributed by atoms with E-state index in [1.807, 2.05) is 13.8 Å². The molecule has 0 radical (unpaired) electrons. The molecule has 0 saturated heterocycles. The van der Waals surface area contributed by atoms with Gasteiger partial charge in [0.25, 0.3) is 0 Å². The smallest absolute Gasteiger partial charge is 0.111 e. The lowest BCUT2D eigenvalue weighted by molar-refractivity contribution is -0.155. The van der Waals surface area contributed by atoms with Crippen molar-refractivity contribution in [3.8, 4) is 0 Å². The van der Waals surface area contributed by atoms with Crippen LogP contribution in [0.4, 0.5) is 0 Å². The fraction of sp³-hybridized carbons (Fsp3) is 1.00. The third kappa shape index (κ3) is 6.59. The van der Waals surface area contributed by atoms with Crippen molar-refractivity contribution in [2.75, 3.05) is 18.1 Å². The summed E-state index contributed by atoms with van der Waals surface area (Å²) >= 11 is 2.79. The summed E-state index contributed by atoms with van der Waals surface area (Å²) in [5.74, 6) is 1.40. The van der Waals surface area contributed by atoms with Gasteiger partial charge in [-0.2, -0.15) is 0 Å². The van der Waals surface area contributed by atoms with E-state index in [2.05, 4.69) is 0 Å². The summed E-state index contributed by atoms with van der Waals surface area (Å²) in [5.41, 5.74) is 0. The van der Waals surface area contributed by atoms with Crippen molar-refractivity contribution in [1.82, 2.24) is 0 Å². The molecule has 0 fully saturated rings. The molecular weight excluding hydrogens is 320 g/mol. The third-order valence-electron chi connectivity index (χ3n) is 2.92. The van der Waals surface area contributed by atoms with Gasteiger partial charge in [0, 0.05) is 0 Å². The molecule has 7 N–H and O–H groups in total. The summed E-state index contributed by atoms with van der Waals surface area (Å²) in [6.07, 6.45) is -10.2. The van der Waals surface area contributed by atoms with Crippen molar-refractivity contribution in [2.24, 2.45) is 0 Å². The van der Waals surface area contributed by atoms with Crippen molar-refractivity contribution < 1.29 is 35.7 Å². The zero-order chi connectivity index (χ0) is 16.6. The lowest BCUT2D eigenvalue weighted by Crippen LogP contribution is -2.54. The normalized spacial score (nSPS) is 20.9. The Labute approximate surface area is 133 Å². The van der Waals surface area contributed by atoms with Crippen LogP contribution >= 0.6 is 23.5 Å². The van der Waals surface area contributed by atoms with Gasteiger partial charge in [0.05, 0.1) is 11.2 Å². The van der Waals surface area contributed by atoms with Gasteiger partial charge in [-0.05, 0) is 11.5 Å². The minimum absolute atomic E-state index is 0.392. The van der Waals surface area contributed by atoms with E-state index in [0.29, 0.717) is 11.5 Å². The molecule has 0 aromatic carbocycles. The van der Waals surface area contributed by atoms with Crippen molar-refractivity contribution in [3.05, 3.63) is 0 Å². The standard InChI is InChI=1S/C12H26O7S2/c1-3-20-12(21-4-2)11(19)10(18)9(17)8(16)7(15)6(14)5-13/h6-19H,3-5H2,1-2H3/t6-,7-,8-,9-,10+,11+/m1/s1. The highest BCUT2D eigenvalue weighted by Gasteiger charge is 2.39. The van der Waals surface area contributed by atoms with Gasteiger partial charge < -0.3 is 35.7 Å². The molecule has 0 unspecified atom stereocenters. The highest BCUT2D eigenvalue weighted by atomic mass is 32.2. The molecule has 0 bridgehead atoms. The van der Waals surface area contributed by atoms with Gasteiger partial charge in [-0.15, -0.1) is 23.5 Å². The Morgan fingerprint density at radius 1 is 0.667 bits per heavy atom. The molecular formula is C12H26O7S2. The summed E-state index contributed by atoms with van der Waals surface area (Å²) < 4.78 is -0.392. The van der Waals surface area contributed by atoms with E-state index < -0.39 is 47.8 Å². The van der Waals surface area contributed by atoms with Crippen LogP contribution in [0.1, 0.15) is 13.8 Å². The Morgan fingerprint density at radius 3 is 1.43 bits per heavy atom. The molecule has 0 saturated carbocycles. The van der Waals surface area contributed by atoms with E-state index in [4.69, 9.17) is 5.11 Å². The summed E-state index contributed by atoms with van der Waals surface area (Å²) in [5, 5.41) is 67.0. The molecule has 21 heavy (non-hydrogen) atoms. The third-order valence-corrected chi connectivity index (χ3v) is 5.62. The van der Waals surface area contributed by atoms with Crippen LogP contribution in [0.25, 0.3) is 0 Å². The highest BCUT2D eigenvalue weighted by Crippen LogP contribution is 2.29. The summed E-state index contributed by atoms with van der Waals surface area (Å²) in [7, 11) is 0. The van der Waals surface area contributed by atoms with Gasteiger partial charge in [0.15, 0.2) is 0 Å². The number of hydrogen-bond acceptors (Lipinski definition) is 9. The lowest BCUT2D eigenvalue weighted by atomic mass is 9.97. The molecule has 0 aliphatic rings. The Balaban J connectivity index is 4.75. The first-order chi connectivity index (χ1) is 9.81. The van der Waals surface area contributed by atoms with E-state index in [-0.39, 0.29) is 0 Å². The van der Waals surface area contributed by atoms with Crippen molar-refractivity contribution in [1.29, 1.82) is 0 Å². The Kier molecular flexibility index (Phi) is 11.3. The van der Waals surface area contributed by atoms with Crippen molar-refractivity contribution in [2.45, 2.75) is 55.1 Å². The van der Waals surface area contributed by atoms with E-state index in [1.54, 1.807) is 0 Å². The number of aliphatic hydroxyl groups is 7. The van der Waals surface area contributed by atoms with Crippen LogP contribution < -0.4 is 0 Å². The Bertz CT molecular complexity index is 266. The monoisotopic (exact) mass is 346 g/mol. The van der Waals surface area contributed by atoms with Crippen molar-refractivity contribution >= 4 is 23.5 Å². The molecule has 7 nitrogen and oxygen atoms in total. The van der Waals surface area contributed by atoms with Gasteiger partial charge in [0.1, 0.15) is 36.6 Å². The zero-order valence-electron chi connectivity index (χ0n) is 12.1. The average molecular weight is 346 g/mol. The van der Waals surface area contributed by atoms with Gasteiger partial charge >= 0.3 is 0 Å². The quantitative estimate of drug-likeness (QED) is 0.211. The molecule has 0 aliphatic heterocycles. The molecule has 0 aromatic heterocycles. The Hall–Kier alpha value is 0.420. The predicted molar refractivity (Wildman–Crippen MR) is 83.2 cm³/mol. The minimum atomic E-state index is -1.89. The molecule has 0 rings (SSSR count). The number of aliphatic hydroxyl groups excluding tert-OH is 7. The molecule has 0 aliphatic carbocycles. The lowest BCUT2D eigenvalue weighted by Gasteiger charge is -2.33. The zero-order valence-corrected chi connectivity index (χ0v) is 13.7. The maximum atomic E-state index is 10.1. The van der Waals surface area contributed by atoms with E-state index in [9.17, 15) is 30.6 Å². The van der Waals surface area contributed by atoms with Gasteiger partial charge in [0.2, 0.25) is 0 Å². The number of hydrogen-bond donors (Lipinski definition) is 7. The SMILES string of the molecule is CCSC(SCC)[C@@H](O)[C@@H](O)[C@H](O)[C@H](O)[C@H](O)[C@H](O)CO. The van der Waals surface area contributed by atoms with Gasteiger partial charge in [-0.3, -0.25) is 0 Å². The van der Waals surface area contributed by atoms with Gasteiger partial charge in [-0.25, -0.2) is 0 Å². The minimum Gasteiger partial charge on any atom is -0.394 e. The molecule has 0 heterocycles. The first-order valence-electron chi connectivity index (χ1n) is 6.74. The van der Waals surface area contributed by atoms with Crippen LogP contribution in [0.2, 0.25) is 0 Å². The van der Waals surface area contributed by atoms with E-state index in [0.717, 1.165) is 0 Å². The van der Waals surface area contributed by atoms with E-state index >= 15 is 0 Å². The molecule has 6 atom stereocenters. The molecule has 128 valence electrons. The largest absolute Gasteiger partial charge is 0.394 e. The summed E-state index contributed by atoms with van der Waals surface area (Å²) in [4.78, 5) is 0. The molecule has 0 aromatic rings. The van der Waals surface area contributed by atoms with Crippen LogP contribution in [0, 0.1) is 0 Å². The fourth-order valence-corrected chi connectivity index (χ4v) is 4.25.